The van der Waals surface area contributed by atoms with E-state index < -0.39 is 11.4 Å². The number of carbonyl (C=O) groups excluding carboxylic acids is 1. The molecule has 2 aromatic carbocycles. The van der Waals surface area contributed by atoms with Gasteiger partial charge in [0.05, 0.1) is 22.9 Å². The number of anilines is 1. The average molecular weight is 534 g/mol. The molecule has 1 amide bonds. The lowest BCUT2D eigenvalue weighted by Crippen LogP contribution is -2.44. The molecule has 5 rings (SSSR count). The van der Waals surface area contributed by atoms with Gasteiger partial charge in [0.15, 0.2) is 11.6 Å². The maximum atomic E-state index is 14.4. The Kier molecular flexibility index (Phi) is 6.70. The molecule has 9 nitrogen and oxygen atoms in total. The molecule has 2 heterocycles. The van der Waals surface area contributed by atoms with Gasteiger partial charge in [-0.3, -0.25) is 9.36 Å². The molecule has 3 aromatic rings. The van der Waals surface area contributed by atoms with Gasteiger partial charge in [0, 0.05) is 19.1 Å². The Labute approximate surface area is 225 Å². The highest BCUT2D eigenvalue weighted by Gasteiger charge is 2.43. The number of nitrogens with zero attached hydrogens (tertiary/aromatic N) is 4. The summed E-state index contributed by atoms with van der Waals surface area (Å²) >= 11 is 0. The number of likely N-dealkylation sites (tertiary alicyclic amines) is 1. The smallest absolute Gasteiger partial charge is 0.410 e. The van der Waals surface area contributed by atoms with Crippen LogP contribution in [0.2, 0.25) is 0 Å². The Balaban J connectivity index is 1.34. The zero-order chi connectivity index (χ0) is 27.9. The molecule has 1 aromatic heterocycles. The largest absolute Gasteiger partial charge is 0.453 e. The fourth-order valence-electron chi connectivity index (χ4n) is 5.70. The minimum absolute atomic E-state index is 0.0105. The number of ether oxygens (including phenoxy) is 2. The number of nitrogen functional groups attached to an aromatic ring is 1. The maximum absolute atomic E-state index is 14.4. The van der Waals surface area contributed by atoms with Crippen molar-refractivity contribution in [3.05, 3.63) is 58.4 Å². The summed E-state index contributed by atoms with van der Waals surface area (Å²) in [6, 6.07) is 9.03. The van der Waals surface area contributed by atoms with Crippen LogP contribution in [-0.4, -0.2) is 39.2 Å². The van der Waals surface area contributed by atoms with E-state index in [-0.39, 0.29) is 45.9 Å². The highest BCUT2D eigenvalue weighted by atomic mass is 19.1. The number of hydrogen-bond donors (Lipinski definition) is 1. The number of piperidine rings is 1. The van der Waals surface area contributed by atoms with Gasteiger partial charge in [-0.1, -0.05) is 0 Å². The molecule has 1 aliphatic heterocycles. The quantitative estimate of drug-likeness (QED) is 0.439. The van der Waals surface area contributed by atoms with Gasteiger partial charge < -0.3 is 20.1 Å². The van der Waals surface area contributed by atoms with Crippen molar-refractivity contribution in [3.63, 3.8) is 0 Å². The number of benzene rings is 2. The van der Waals surface area contributed by atoms with Crippen molar-refractivity contribution >= 4 is 22.7 Å². The van der Waals surface area contributed by atoms with Crippen LogP contribution in [0.5, 0.6) is 11.5 Å². The van der Waals surface area contributed by atoms with E-state index >= 15 is 0 Å². The van der Waals surface area contributed by atoms with Crippen LogP contribution in [0, 0.1) is 22.6 Å². The van der Waals surface area contributed by atoms with Crippen molar-refractivity contribution in [2.45, 2.75) is 64.5 Å². The highest BCUT2D eigenvalue weighted by molar-refractivity contribution is 5.79. The molecule has 1 aliphatic carbocycles. The van der Waals surface area contributed by atoms with Crippen molar-refractivity contribution in [3.8, 4) is 17.6 Å². The van der Waals surface area contributed by atoms with Crippen molar-refractivity contribution in [1.82, 2.24) is 14.5 Å². The van der Waals surface area contributed by atoms with Crippen LogP contribution >= 0.6 is 0 Å². The third-order valence-electron chi connectivity index (χ3n) is 7.77. The van der Waals surface area contributed by atoms with E-state index in [2.05, 4.69) is 4.98 Å². The van der Waals surface area contributed by atoms with Crippen molar-refractivity contribution in [1.29, 1.82) is 5.26 Å². The molecule has 1 saturated heterocycles. The monoisotopic (exact) mass is 533 g/mol. The first-order chi connectivity index (χ1) is 18.5. The molecule has 39 heavy (non-hydrogen) atoms. The van der Waals surface area contributed by atoms with Gasteiger partial charge in [-0.05, 0) is 88.6 Å². The standard InChI is InChI=1S/C29H32FN5O4/c1-28(2,3)39-27(37)34-12-10-29(11-13-34)9-8-18(15-29)35-17-33-24-7-4-19(14-20(24)26(35)36)38-25-21(16-31)23(32)6-5-22(25)30/h4-7,14,17-18H,8-13,15,32H2,1-3H3/t18-/m0/s1. The van der Waals surface area contributed by atoms with E-state index in [9.17, 15) is 19.2 Å². The number of hydrogen-bond acceptors (Lipinski definition) is 7. The van der Waals surface area contributed by atoms with Crippen molar-refractivity contribution < 1.29 is 18.7 Å². The van der Waals surface area contributed by atoms with E-state index in [4.69, 9.17) is 15.2 Å². The number of rotatable bonds is 3. The van der Waals surface area contributed by atoms with E-state index in [1.165, 1.54) is 12.1 Å². The van der Waals surface area contributed by atoms with Gasteiger partial charge in [0.25, 0.3) is 5.56 Å². The third kappa shape index (κ3) is 5.26. The molecule has 204 valence electrons. The van der Waals surface area contributed by atoms with Gasteiger partial charge in [0.2, 0.25) is 0 Å². The molecule has 0 bridgehead atoms. The first-order valence-electron chi connectivity index (χ1n) is 13.1. The van der Waals surface area contributed by atoms with Gasteiger partial charge in [-0.2, -0.15) is 5.26 Å². The topological polar surface area (TPSA) is 123 Å². The second-order valence-electron chi connectivity index (χ2n) is 11.6. The van der Waals surface area contributed by atoms with Crippen molar-refractivity contribution in [2.24, 2.45) is 5.41 Å². The van der Waals surface area contributed by atoms with E-state index in [1.54, 1.807) is 27.9 Å². The first kappa shape index (κ1) is 26.5. The zero-order valence-corrected chi connectivity index (χ0v) is 22.4. The molecule has 2 fully saturated rings. The summed E-state index contributed by atoms with van der Waals surface area (Å²) in [7, 11) is 0. The Morgan fingerprint density at radius 2 is 1.95 bits per heavy atom. The molecular formula is C29H32FN5O4. The summed E-state index contributed by atoms with van der Waals surface area (Å²) in [5.41, 5.74) is 5.64. The Morgan fingerprint density at radius 3 is 2.64 bits per heavy atom. The number of halogens is 1. The summed E-state index contributed by atoms with van der Waals surface area (Å²) in [5, 5.41) is 9.75. The van der Waals surface area contributed by atoms with Crippen LogP contribution in [0.25, 0.3) is 10.9 Å². The number of nitriles is 1. The van der Waals surface area contributed by atoms with Crippen molar-refractivity contribution in [2.75, 3.05) is 18.8 Å². The van der Waals surface area contributed by atoms with Crippen LogP contribution in [0.1, 0.15) is 64.5 Å². The number of amides is 1. The predicted octanol–water partition coefficient (Wildman–Crippen LogP) is 5.52. The number of aromatic nitrogens is 2. The Hall–Kier alpha value is -4.13. The van der Waals surface area contributed by atoms with Crippen LogP contribution in [0.4, 0.5) is 14.9 Å². The van der Waals surface area contributed by atoms with Crippen LogP contribution in [-0.2, 0) is 4.74 Å². The molecular weight excluding hydrogens is 501 g/mol. The Bertz CT molecular complexity index is 1530. The Morgan fingerprint density at radius 1 is 1.21 bits per heavy atom. The van der Waals surface area contributed by atoms with Crippen LogP contribution in [0.3, 0.4) is 0 Å². The van der Waals surface area contributed by atoms with E-state index in [0.29, 0.717) is 24.0 Å². The van der Waals surface area contributed by atoms with Gasteiger partial charge in [0.1, 0.15) is 23.0 Å². The number of fused-ring (bicyclic) bond motifs is 1. The SMILES string of the molecule is CC(C)(C)OC(=O)N1CCC2(CC[C@H](n3cnc4ccc(Oc5c(F)ccc(N)c5C#N)cc4c3=O)C2)CC1. The van der Waals surface area contributed by atoms with Crippen LogP contribution < -0.4 is 16.0 Å². The molecule has 1 saturated carbocycles. The summed E-state index contributed by atoms with van der Waals surface area (Å²) in [6.45, 7) is 6.86. The molecule has 1 spiro atoms. The lowest BCUT2D eigenvalue weighted by atomic mass is 9.77. The molecule has 2 N–H and O–H groups in total. The number of nitrogens with two attached hydrogens (primary N) is 1. The van der Waals surface area contributed by atoms with Gasteiger partial charge in [-0.15, -0.1) is 0 Å². The van der Waals surface area contributed by atoms with Gasteiger partial charge >= 0.3 is 6.09 Å². The summed E-state index contributed by atoms with van der Waals surface area (Å²) in [6.07, 6.45) is 5.69. The molecule has 0 unspecified atom stereocenters. The zero-order valence-electron chi connectivity index (χ0n) is 22.4. The third-order valence-corrected chi connectivity index (χ3v) is 7.77. The second kappa shape index (κ2) is 9.88. The summed E-state index contributed by atoms with van der Waals surface area (Å²) in [5.74, 6) is -0.799. The fourth-order valence-corrected chi connectivity index (χ4v) is 5.70. The second-order valence-corrected chi connectivity index (χ2v) is 11.6. The van der Waals surface area contributed by atoms with Crippen LogP contribution in [0.15, 0.2) is 41.5 Å². The molecule has 10 heteroatoms. The predicted molar refractivity (Wildman–Crippen MR) is 144 cm³/mol. The molecule has 0 radical (unpaired) electrons. The maximum Gasteiger partial charge on any atom is 0.410 e. The average Bonchev–Trinajstić information content (AvgIpc) is 3.29. The molecule has 2 aliphatic rings. The highest BCUT2D eigenvalue weighted by Crippen LogP contribution is 2.50. The lowest BCUT2D eigenvalue weighted by molar-refractivity contribution is 0.0103. The first-order valence-corrected chi connectivity index (χ1v) is 13.1. The molecule has 1 atom stereocenters. The van der Waals surface area contributed by atoms with E-state index in [1.807, 2.05) is 26.8 Å². The number of carbonyl (C=O) groups is 1. The summed E-state index contributed by atoms with van der Waals surface area (Å²) in [4.78, 5) is 32.3. The normalized spacial score (nSPS) is 18.7. The minimum atomic E-state index is -0.724. The summed E-state index contributed by atoms with van der Waals surface area (Å²) < 4.78 is 27.3. The minimum Gasteiger partial charge on any atom is -0.453 e. The van der Waals surface area contributed by atoms with Gasteiger partial charge in [-0.25, -0.2) is 14.2 Å². The lowest BCUT2D eigenvalue weighted by Gasteiger charge is -2.40. The van der Waals surface area contributed by atoms with E-state index in [0.717, 1.165) is 38.2 Å². The fraction of sp³-hybridized carbons (Fsp3) is 0.448.